The molecule has 0 spiro atoms. The second-order valence-corrected chi connectivity index (χ2v) is 8.91. The van der Waals surface area contributed by atoms with Gasteiger partial charge in [0.25, 0.3) is 10.0 Å². The Bertz CT molecular complexity index is 1320. The first kappa shape index (κ1) is 20.7. The van der Waals surface area contributed by atoms with Crippen molar-refractivity contribution in [3.8, 4) is 0 Å². The number of amidine groups is 1. The third kappa shape index (κ3) is 4.80. The second-order valence-electron chi connectivity index (χ2n) is 7.26. The van der Waals surface area contributed by atoms with Crippen molar-refractivity contribution >= 4 is 21.8 Å². The summed E-state index contributed by atoms with van der Waals surface area (Å²) in [6, 6.07) is 20.4. The number of rotatable bonds is 5. The molecule has 3 aromatic rings. The van der Waals surface area contributed by atoms with Gasteiger partial charge in [-0.15, -0.1) is 0 Å². The first-order chi connectivity index (χ1) is 14.9. The lowest BCUT2D eigenvalue weighted by Gasteiger charge is -2.07. The predicted molar refractivity (Wildman–Crippen MR) is 118 cm³/mol. The van der Waals surface area contributed by atoms with Crippen LogP contribution in [0, 0.1) is 6.92 Å². The van der Waals surface area contributed by atoms with E-state index in [2.05, 4.69) is 39.0 Å². The van der Waals surface area contributed by atoms with Gasteiger partial charge in [-0.05, 0) is 36.8 Å². The molecular weight excluding hydrogens is 412 g/mol. The van der Waals surface area contributed by atoms with E-state index in [1.807, 2.05) is 29.8 Å². The molecule has 0 atom stereocenters. The fourth-order valence-corrected chi connectivity index (χ4v) is 4.54. The van der Waals surface area contributed by atoms with E-state index in [1.165, 1.54) is 11.6 Å². The zero-order valence-electron chi connectivity index (χ0n) is 17.0. The standard InChI is InChI=1S/C23H22N4O3S/c1-17-9-11-18(12-10-17)16-27-15-5-4-8-21(27)25-22(28)13-14-24-23-19-6-2-3-7-20(19)31(29,30)26-23/h2-12,15H,13-14,16H2,1H3,(H,24,26). The molecule has 0 aliphatic carbocycles. The monoisotopic (exact) mass is 434 g/mol. The second kappa shape index (κ2) is 8.69. The molecule has 0 saturated carbocycles. The van der Waals surface area contributed by atoms with Crippen LogP contribution in [-0.2, 0) is 21.4 Å². The number of carbonyl (C=O) groups is 1. The van der Waals surface area contributed by atoms with Crippen LogP contribution < -0.4 is 10.2 Å². The van der Waals surface area contributed by atoms with Crippen LogP contribution in [-0.4, -0.2) is 31.3 Å². The molecule has 8 heteroatoms. The average Bonchev–Trinajstić information content (AvgIpc) is 3.01. The molecule has 2 heterocycles. The first-order valence-electron chi connectivity index (χ1n) is 9.88. The van der Waals surface area contributed by atoms with Crippen LogP contribution in [0.15, 0.2) is 87.8 Å². The van der Waals surface area contributed by atoms with Crippen LogP contribution in [0.2, 0.25) is 0 Å². The first-order valence-corrected chi connectivity index (χ1v) is 11.4. The summed E-state index contributed by atoms with van der Waals surface area (Å²) in [5, 5.41) is 0. The number of hydrogen-bond acceptors (Lipinski definition) is 4. The number of aromatic nitrogens is 1. The number of nitrogens with one attached hydrogen (secondary N) is 1. The van der Waals surface area contributed by atoms with Gasteiger partial charge in [0.15, 0.2) is 0 Å². The molecular formula is C23H22N4O3S. The topological polar surface area (TPSA) is 92.9 Å². The summed E-state index contributed by atoms with van der Waals surface area (Å²) in [6.07, 6.45) is 1.96. The zero-order valence-corrected chi connectivity index (χ0v) is 17.8. The van der Waals surface area contributed by atoms with Crippen LogP contribution >= 0.6 is 0 Å². The van der Waals surface area contributed by atoms with Gasteiger partial charge >= 0.3 is 0 Å². The van der Waals surface area contributed by atoms with Gasteiger partial charge in [-0.1, -0.05) is 48.0 Å². The summed E-state index contributed by atoms with van der Waals surface area (Å²) in [5.41, 5.74) is 3.39. The summed E-state index contributed by atoms with van der Waals surface area (Å²) >= 11 is 0. The van der Waals surface area contributed by atoms with Gasteiger partial charge in [-0.2, -0.15) is 4.99 Å². The van der Waals surface area contributed by atoms with Crippen LogP contribution in [0.25, 0.3) is 0 Å². The van der Waals surface area contributed by atoms with Gasteiger partial charge in [0.1, 0.15) is 11.3 Å². The van der Waals surface area contributed by atoms with Crippen molar-refractivity contribution in [2.45, 2.75) is 24.8 Å². The number of benzene rings is 2. The maximum Gasteiger partial charge on any atom is 0.263 e. The number of amides is 1. The lowest BCUT2D eigenvalue weighted by molar-refractivity contribution is -0.117. The molecule has 1 aliphatic rings. The summed E-state index contributed by atoms with van der Waals surface area (Å²) in [6.45, 7) is 2.78. The molecule has 0 unspecified atom stereocenters. The molecule has 0 fully saturated rings. The number of fused-ring (bicyclic) bond motifs is 1. The minimum Gasteiger partial charge on any atom is -0.329 e. The molecule has 0 radical (unpaired) electrons. The Morgan fingerprint density at radius 1 is 1.00 bits per heavy atom. The van der Waals surface area contributed by atoms with Crippen LogP contribution in [0.5, 0.6) is 0 Å². The van der Waals surface area contributed by atoms with Crippen LogP contribution in [0.1, 0.15) is 23.1 Å². The van der Waals surface area contributed by atoms with E-state index in [-0.39, 0.29) is 29.6 Å². The number of nitrogens with zero attached hydrogens (tertiary/aromatic N) is 3. The van der Waals surface area contributed by atoms with Crippen molar-refractivity contribution in [2.24, 2.45) is 9.98 Å². The van der Waals surface area contributed by atoms with Crippen molar-refractivity contribution in [3.05, 3.63) is 95.1 Å². The average molecular weight is 435 g/mol. The Hall–Kier alpha value is -3.52. The molecule has 1 aromatic heterocycles. The molecule has 31 heavy (non-hydrogen) atoms. The third-order valence-corrected chi connectivity index (χ3v) is 6.28. The smallest absolute Gasteiger partial charge is 0.263 e. The minimum absolute atomic E-state index is 0.0762. The van der Waals surface area contributed by atoms with Crippen molar-refractivity contribution in [2.75, 3.05) is 6.54 Å². The molecule has 0 bridgehead atoms. The molecule has 4 rings (SSSR count). The van der Waals surface area contributed by atoms with Crippen LogP contribution in [0.3, 0.4) is 0 Å². The number of sulfonamides is 1. The predicted octanol–water partition coefficient (Wildman–Crippen LogP) is 2.40. The van der Waals surface area contributed by atoms with E-state index in [9.17, 15) is 13.2 Å². The molecule has 7 nitrogen and oxygen atoms in total. The Kier molecular flexibility index (Phi) is 5.81. The maximum atomic E-state index is 12.4. The molecule has 0 saturated heterocycles. The zero-order chi connectivity index (χ0) is 21.8. The lowest BCUT2D eigenvalue weighted by atomic mass is 10.1. The largest absolute Gasteiger partial charge is 0.329 e. The Balaban J connectivity index is 1.47. The van der Waals surface area contributed by atoms with Gasteiger partial charge in [0.2, 0.25) is 5.91 Å². The SMILES string of the molecule is Cc1ccc(Cn2ccccc2=NC(=O)CCN=C2NS(=O)(=O)c3ccccc32)cc1. The molecule has 158 valence electrons. The highest BCUT2D eigenvalue weighted by Gasteiger charge is 2.29. The molecule has 1 aliphatic heterocycles. The Labute approximate surface area is 180 Å². The minimum atomic E-state index is -3.58. The van der Waals surface area contributed by atoms with Crippen molar-refractivity contribution in [3.63, 3.8) is 0 Å². The number of carbonyl (C=O) groups excluding carboxylic acids is 1. The van der Waals surface area contributed by atoms with Gasteiger partial charge in [-0.3, -0.25) is 14.5 Å². The van der Waals surface area contributed by atoms with E-state index in [0.717, 1.165) is 5.56 Å². The van der Waals surface area contributed by atoms with Gasteiger partial charge in [0, 0.05) is 24.7 Å². The molecule has 1 N–H and O–H groups in total. The third-order valence-electron chi connectivity index (χ3n) is 4.89. The lowest BCUT2D eigenvalue weighted by Crippen LogP contribution is -2.23. The van der Waals surface area contributed by atoms with Crippen LogP contribution in [0.4, 0.5) is 0 Å². The van der Waals surface area contributed by atoms with Gasteiger partial charge < -0.3 is 4.57 Å². The van der Waals surface area contributed by atoms with Crippen molar-refractivity contribution < 1.29 is 13.2 Å². The summed E-state index contributed by atoms with van der Waals surface area (Å²) in [4.78, 5) is 21.1. The van der Waals surface area contributed by atoms with Crippen molar-refractivity contribution in [1.82, 2.24) is 9.29 Å². The Morgan fingerprint density at radius 3 is 2.55 bits per heavy atom. The summed E-state index contributed by atoms with van der Waals surface area (Å²) in [7, 11) is -3.58. The quantitative estimate of drug-likeness (QED) is 0.668. The highest BCUT2D eigenvalue weighted by atomic mass is 32.2. The van der Waals surface area contributed by atoms with E-state index < -0.39 is 10.0 Å². The highest BCUT2D eigenvalue weighted by molar-refractivity contribution is 7.90. The van der Waals surface area contributed by atoms with E-state index >= 15 is 0 Å². The highest BCUT2D eigenvalue weighted by Crippen LogP contribution is 2.22. The number of aryl methyl sites for hydroxylation is 1. The van der Waals surface area contributed by atoms with E-state index in [0.29, 0.717) is 17.6 Å². The summed E-state index contributed by atoms with van der Waals surface area (Å²) in [5.74, 6) is -0.0557. The van der Waals surface area contributed by atoms with E-state index in [1.54, 1.807) is 24.3 Å². The number of pyridine rings is 1. The summed E-state index contributed by atoms with van der Waals surface area (Å²) < 4.78 is 28.6. The number of aliphatic imine (C=N–C) groups is 1. The fraction of sp³-hybridized carbons (Fsp3) is 0.174. The van der Waals surface area contributed by atoms with Gasteiger partial charge in [-0.25, -0.2) is 8.42 Å². The van der Waals surface area contributed by atoms with E-state index in [4.69, 9.17) is 0 Å². The normalized spacial score (nSPS) is 16.2. The van der Waals surface area contributed by atoms with Crippen molar-refractivity contribution in [1.29, 1.82) is 0 Å². The fourth-order valence-electron chi connectivity index (χ4n) is 3.29. The molecule has 1 amide bonds. The maximum absolute atomic E-state index is 12.4. The Morgan fingerprint density at radius 2 is 1.74 bits per heavy atom. The molecule has 2 aromatic carbocycles. The number of hydrogen-bond donors (Lipinski definition) is 1. The van der Waals surface area contributed by atoms with Gasteiger partial charge in [0.05, 0.1) is 11.4 Å².